The van der Waals surface area contributed by atoms with Gasteiger partial charge < -0.3 is 0 Å². The molecule has 15 heavy (non-hydrogen) atoms. The first-order valence-corrected chi connectivity index (χ1v) is 7.24. The summed E-state index contributed by atoms with van der Waals surface area (Å²) in [5.41, 5.74) is 0.525. The Kier molecular flexibility index (Phi) is 4.20. The molecule has 0 aromatic heterocycles. The maximum Gasteiger partial charge on any atom is 0.00778 e. The van der Waals surface area contributed by atoms with Crippen molar-refractivity contribution in [1.29, 1.82) is 0 Å². The SMILES string of the molecule is CC(C)(C)S[C@H]1CC[C@@H](C(C)(C)C)CC1. The molecule has 1 heteroatoms. The molecule has 0 atom stereocenters. The second-order valence-electron chi connectivity index (χ2n) is 7.07. The Hall–Kier alpha value is 0.350. The molecule has 90 valence electrons. The highest BCUT2D eigenvalue weighted by atomic mass is 32.2. The van der Waals surface area contributed by atoms with Crippen LogP contribution in [0.4, 0.5) is 0 Å². The molecule has 0 bridgehead atoms. The second-order valence-corrected chi connectivity index (χ2v) is 9.20. The van der Waals surface area contributed by atoms with Crippen molar-refractivity contribution in [2.45, 2.75) is 77.2 Å². The maximum absolute atomic E-state index is 2.40. The van der Waals surface area contributed by atoms with Gasteiger partial charge in [0.15, 0.2) is 0 Å². The smallest absolute Gasteiger partial charge is 0.00778 e. The average Bonchev–Trinajstić information content (AvgIpc) is 2.00. The van der Waals surface area contributed by atoms with E-state index >= 15 is 0 Å². The molecule has 0 aromatic rings. The number of rotatable bonds is 1. The van der Waals surface area contributed by atoms with E-state index in [0.29, 0.717) is 10.2 Å². The lowest BCUT2D eigenvalue weighted by Gasteiger charge is -2.38. The number of hydrogen-bond acceptors (Lipinski definition) is 1. The van der Waals surface area contributed by atoms with Crippen molar-refractivity contribution in [3.05, 3.63) is 0 Å². The van der Waals surface area contributed by atoms with Gasteiger partial charge in [0.2, 0.25) is 0 Å². The predicted octanol–water partition coefficient (Wildman–Crippen LogP) is 5.12. The second kappa shape index (κ2) is 4.69. The Balaban J connectivity index is 2.37. The molecule has 0 aromatic carbocycles. The largest absolute Gasteiger partial charge is 0.153 e. The summed E-state index contributed by atoms with van der Waals surface area (Å²) in [5, 5.41) is 0.920. The fraction of sp³-hybridized carbons (Fsp3) is 1.00. The van der Waals surface area contributed by atoms with Gasteiger partial charge in [-0.15, -0.1) is 0 Å². The average molecular weight is 228 g/mol. The van der Waals surface area contributed by atoms with Crippen LogP contribution in [0, 0.1) is 11.3 Å². The van der Waals surface area contributed by atoms with Gasteiger partial charge in [0, 0.05) is 10.00 Å². The van der Waals surface area contributed by atoms with E-state index in [-0.39, 0.29) is 0 Å². The topological polar surface area (TPSA) is 0 Å². The minimum absolute atomic E-state index is 0.444. The fourth-order valence-electron chi connectivity index (χ4n) is 2.55. The van der Waals surface area contributed by atoms with Gasteiger partial charge in [-0.2, -0.15) is 11.8 Å². The third kappa shape index (κ3) is 4.80. The van der Waals surface area contributed by atoms with Crippen molar-refractivity contribution in [3.63, 3.8) is 0 Å². The molecule has 1 rings (SSSR count). The number of hydrogen-bond donors (Lipinski definition) is 0. The molecule has 0 unspecified atom stereocenters. The summed E-state index contributed by atoms with van der Waals surface area (Å²) in [5.74, 6) is 0.953. The first-order chi connectivity index (χ1) is 6.68. The van der Waals surface area contributed by atoms with Crippen LogP contribution in [0.15, 0.2) is 0 Å². The third-order valence-corrected chi connectivity index (χ3v) is 4.93. The molecule has 0 N–H and O–H groups in total. The quantitative estimate of drug-likeness (QED) is 0.600. The summed E-state index contributed by atoms with van der Waals surface area (Å²) in [7, 11) is 0. The van der Waals surface area contributed by atoms with Crippen LogP contribution in [-0.4, -0.2) is 10.00 Å². The van der Waals surface area contributed by atoms with Crippen LogP contribution >= 0.6 is 11.8 Å². The van der Waals surface area contributed by atoms with E-state index in [1.807, 2.05) is 0 Å². The standard InChI is InChI=1S/C14H28S/c1-13(2,3)11-7-9-12(10-8-11)15-14(4,5)6/h11-12H,7-10H2,1-6H3/t11-,12+. The zero-order valence-corrected chi connectivity index (χ0v) is 12.2. The molecule has 1 aliphatic carbocycles. The summed E-state index contributed by atoms with van der Waals surface area (Å²) >= 11 is 2.19. The lowest BCUT2D eigenvalue weighted by atomic mass is 9.72. The lowest BCUT2D eigenvalue weighted by Crippen LogP contribution is -2.28. The Morgan fingerprint density at radius 2 is 1.27 bits per heavy atom. The Labute approximate surface area is 101 Å². The van der Waals surface area contributed by atoms with Gasteiger partial charge in [-0.25, -0.2) is 0 Å². The van der Waals surface area contributed by atoms with Gasteiger partial charge >= 0.3 is 0 Å². The summed E-state index contributed by atoms with van der Waals surface area (Å²) in [4.78, 5) is 0. The minimum Gasteiger partial charge on any atom is -0.153 e. The van der Waals surface area contributed by atoms with E-state index in [2.05, 4.69) is 53.3 Å². The predicted molar refractivity (Wildman–Crippen MR) is 72.5 cm³/mol. The summed E-state index contributed by atoms with van der Waals surface area (Å²) < 4.78 is 0.444. The molecule has 0 heterocycles. The van der Waals surface area contributed by atoms with E-state index in [4.69, 9.17) is 0 Å². The van der Waals surface area contributed by atoms with Crippen molar-refractivity contribution in [3.8, 4) is 0 Å². The van der Waals surface area contributed by atoms with Crippen molar-refractivity contribution < 1.29 is 0 Å². The van der Waals surface area contributed by atoms with E-state index in [0.717, 1.165) is 11.2 Å². The molecular formula is C14H28S. The van der Waals surface area contributed by atoms with Crippen LogP contribution in [0.5, 0.6) is 0 Å². The van der Waals surface area contributed by atoms with Gasteiger partial charge in [0.25, 0.3) is 0 Å². The zero-order chi connectivity index (χ0) is 11.7. The fourth-order valence-corrected chi connectivity index (χ4v) is 4.05. The molecular weight excluding hydrogens is 200 g/mol. The highest BCUT2D eigenvalue weighted by Gasteiger charge is 2.31. The molecule has 0 saturated heterocycles. The van der Waals surface area contributed by atoms with Crippen LogP contribution in [0.3, 0.4) is 0 Å². The van der Waals surface area contributed by atoms with E-state index < -0.39 is 0 Å². The molecule has 0 nitrogen and oxygen atoms in total. The molecule has 0 amide bonds. The maximum atomic E-state index is 2.40. The molecule has 0 aliphatic heterocycles. The third-order valence-electron chi connectivity index (χ3n) is 3.42. The van der Waals surface area contributed by atoms with Crippen LogP contribution in [0.1, 0.15) is 67.2 Å². The van der Waals surface area contributed by atoms with Gasteiger partial charge in [-0.3, -0.25) is 0 Å². The Morgan fingerprint density at radius 1 is 0.800 bits per heavy atom. The highest BCUT2D eigenvalue weighted by Crippen LogP contribution is 2.43. The van der Waals surface area contributed by atoms with Gasteiger partial charge in [-0.05, 0) is 37.0 Å². The lowest BCUT2D eigenvalue weighted by molar-refractivity contribution is 0.182. The Morgan fingerprint density at radius 3 is 1.60 bits per heavy atom. The number of thioether (sulfide) groups is 1. The monoisotopic (exact) mass is 228 g/mol. The first-order valence-electron chi connectivity index (χ1n) is 6.36. The van der Waals surface area contributed by atoms with Gasteiger partial charge in [0.05, 0.1) is 0 Å². The zero-order valence-electron chi connectivity index (χ0n) is 11.4. The van der Waals surface area contributed by atoms with E-state index in [1.54, 1.807) is 0 Å². The molecule has 0 spiro atoms. The summed E-state index contributed by atoms with van der Waals surface area (Å²) in [6.45, 7) is 14.2. The Bertz CT molecular complexity index is 186. The van der Waals surface area contributed by atoms with Crippen molar-refractivity contribution in [2.75, 3.05) is 0 Å². The molecule has 0 radical (unpaired) electrons. The van der Waals surface area contributed by atoms with Crippen LogP contribution in [0.25, 0.3) is 0 Å². The molecule has 1 saturated carbocycles. The highest BCUT2D eigenvalue weighted by molar-refractivity contribution is 8.01. The molecule has 1 aliphatic rings. The summed E-state index contributed by atoms with van der Waals surface area (Å²) in [6, 6.07) is 0. The van der Waals surface area contributed by atoms with Crippen LogP contribution in [-0.2, 0) is 0 Å². The van der Waals surface area contributed by atoms with Crippen LogP contribution in [0.2, 0.25) is 0 Å². The van der Waals surface area contributed by atoms with Crippen molar-refractivity contribution in [1.82, 2.24) is 0 Å². The normalized spacial score (nSPS) is 29.2. The van der Waals surface area contributed by atoms with Crippen molar-refractivity contribution in [2.24, 2.45) is 11.3 Å². The minimum atomic E-state index is 0.444. The van der Waals surface area contributed by atoms with Gasteiger partial charge in [0.1, 0.15) is 0 Å². The van der Waals surface area contributed by atoms with Crippen LogP contribution < -0.4 is 0 Å². The summed E-state index contributed by atoms with van der Waals surface area (Å²) in [6.07, 6.45) is 5.75. The first kappa shape index (κ1) is 13.4. The van der Waals surface area contributed by atoms with E-state index in [1.165, 1.54) is 25.7 Å². The van der Waals surface area contributed by atoms with Crippen molar-refractivity contribution >= 4 is 11.8 Å². The molecule has 1 fully saturated rings. The van der Waals surface area contributed by atoms with E-state index in [9.17, 15) is 0 Å². The van der Waals surface area contributed by atoms with Gasteiger partial charge in [-0.1, -0.05) is 41.5 Å².